The van der Waals surface area contributed by atoms with Gasteiger partial charge in [0, 0.05) is 18.6 Å². The summed E-state index contributed by atoms with van der Waals surface area (Å²) in [7, 11) is 4.45. The molecule has 1 atom stereocenters. The lowest BCUT2D eigenvalue weighted by Gasteiger charge is -2.39. The number of fused-ring (bicyclic) bond motifs is 1. The number of likely N-dealkylation sites (tertiary alicyclic amines) is 1. The summed E-state index contributed by atoms with van der Waals surface area (Å²) in [4.78, 5) is 4.93. The van der Waals surface area contributed by atoms with Gasteiger partial charge >= 0.3 is 0 Å². The van der Waals surface area contributed by atoms with E-state index in [-0.39, 0.29) is 0 Å². The van der Waals surface area contributed by atoms with Crippen LogP contribution in [0.4, 0.5) is 0 Å². The lowest BCUT2D eigenvalue weighted by atomic mass is 9.95. The normalized spacial score (nSPS) is 18.9. The van der Waals surface area contributed by atoms with Crippen LogP contribution < -0.4 is 5.73 Å². The Morgan fingerprint density at radius 3 is 2.55 bits per heavy atom. The minimum Gasteiger partial charge on any atom is -0.329 e. The van der Waals surface area contributed by atoms with E-state index in [0.717, 1.165) is 0 Å². The standard InChI is InChI=1S/C19H27N3/c1-21-12-10-16(11-13-21)22(2)19(14-20)18-9-5-7-15-6-3-4-8-17(15)18/h3-9,16,19H,10-14,20H2,1-2H3. The lowest BCUT2D eigenvalue weighted by Crippen LogP contribution is -2.45. The van der Waals surface area contributed by atoms with Gasteiger partial charge in [0.15, 0.2) is 0 Å². The first-order valence-electron chi connectivity index (χ1n) is 8.29. The van der Waals surface area contributed by atoms with E-state index >= 15 is 0 Å². The van der Waals surface area contributed by atoms with Crippen molar-refractivity contribution in [1.82, 2.24) is 9.80 Å². The van der Waals surface area contributed by atoms with E-state index in [1.165, 1.54) is 42.3 Å². The van der Waals surface area contributed by atoms with Crippen molar-refractivity contribution < 1.29 is 0 Å². The third-order valence-electron chi connectivity index (χ3n) is 5.16. The molecule has 0 radical (unpaired) electrons. The predicted molar refractivity (Wildman–Crippen MR) is 94.0 cm³/mol. The zero-order valence-electron chi connectivity index (χ0n) is 13.7. The predicted octanol–water partition coefficient (Wildman–Crippen LogP) is 2.87. The Labute approximate surface area is 133 Å². The van der Waals surface area contributed by atoms with Crippen molar-refractivity contribution in [3.63, 3.8) is 0 Å². The number of nitrogens with zero attached hydrogens (tertiary/aromatic N) is 2. The van der Waals surface area contributed by atoms with Crippen molar-refractivity contribution in [2.24, 2.45) is 5.73 Å². The Bertz CT molecular complexity index is 612. The molecule has 0 aliphatic carbocycles. The van der Waals surface area contributed by atoms with Gasteiger partial charge < -0.3 is 10.6 Å². The first-order valence-corrected chi connectivity index (χ1v) is 8.29. The van der Waals surface area contributed by atoms with E-state index in [0.29, 0.717) is 18.6 Å². The van der Waals surface area contributed by atoms with Crippen LogP contribution in [0.1, 0.15) is 24.4 Å². The van der Waals surface area contributed by atoms with Crippen LogP contribution in [0, 0.1) is 0 Å². The lowest BCUT2D eigenvalue weighted by molar-refractivity contribution is 0.110. The number of hydrogen-bond donors (Lipinski definition) is 1. The van der Waals surface area contributed by atoms with Crippen LogP contribution >= 0.6 is 0 Å². The highest BCUT2D eigenvalue weighted by molar-refractivity contribution is 5.86. The summed E-state index contributed by atoms with van der Waals surface area (Å²) in [5, 5.41) is 2.63. The van der Waals surface area contributed by atoms with E-state index in [4.69, 9.17) is 5.73 Å². The van der Waals surface area contributed by atoms with E-state index in [1.54, 1.807) is 0 Å². The molecule has 2 N–H and O–H groups in total. The highest BCUT2D eigenvalue weighted by atomic mass is 15.2. The van der Waals surface area contributed by atoms with Crippen molar-refractivity contribution in [3.05, 3.63) is 48.0 Å². The van der Waals surface area contributed by atoms with Crippen LogP contribution in [0.3, 0.4) is 0 Å². The maximum atomic E-state index is 6.18. The average Bonchev–Trinajstić information content (AvgIpc) is 2.56. The zero-order valence-corrected chi connectivity index (χ0v) is 13.7. The molecule has 0 bridgehead atoms. The Kier molecular flexibility index (Phi) is 4.77. The summed E-state index contributed by atoms with van der Waals surface area (Å²) in [6.07, 6.45) is 2.46. The van der Waals surface area contributed by atoms with Crippen molar-refractivity contribution in [1.29, 1.82) is 0 Å². The molecular formula is C19H27N3. The highest BCUT2D eigenvalue weighted by Gasteiger charge is 2.26. The van der Waals surface area contributed by atoms with Crippen LogP contribution in [-0.4, -0.2) is 49.6 Å². The molecule has 1 fully saturated rings. The molecule has 1 unspecified atom stereocenters. The van der Waals surface area contributed by atoms with Gasteiger partial charge in [0.25, 0.3) is 0 Å². The van der Waals surface area contributed by atoms with Gasteiger partial charge in [-0.2, -0.15) is 0 Å². The van der Waals surface area contributed by atoms with Gasteiger partial charge in [-0.1, -0.05) is 42.5 Å². The quantitative estimate of drug-likeness (QED) is 0.942. The Morgan fingerprint density at radius 1 is 1.14 bits per heavy atom. The Hall–Kier alpha value is -1.42. The topological polar surface area (TPSA) is 32.5 Å². The summed E-state index contributed by atoms with van der Waals surface area (Å²) in [5.41, 5.74) is 7.54. The average molecular weight is 297 g/mol. The summed E-state index contributed by atoms with van der Waals surface area (Å²) in [6.45, 7) is 3.03. The maximum Gasteiger partial charge on any atom is 0.0476 e. The fourth-order valence-electron chi connectivity index (χ4n) is 3.71. The van der Waals surface area contributed by atoms with Crippen molar-refractivity contribution in [3.8, 4) is 0 Å². The van der Waals surface area contributed by atoms with Crippen molar-refractivity contribution >= 4 is 10.8 Å². The van der Waals surface area contributed by atoms with Crippen LogP contribution in [-0.2, 0) is 0 Å². The van der Waals surface area contributed by atoms with Crippen LogP contribution in [0.15, 0.2) is 42.5 Å². The van der Waals surface area contributed by atoms with E-state index in [2.05, 4.69) is 66.4 Å². The number of nitrogens with two attached hydrogens (primary N) is 1. The van der Waals surface area contributed by atoms with Gasteiger partial charge in [0.05, 0.1) is 0 Å². The number of likely N-dealkylation sites (N-methyl/N-ethyl adjacent to an activating group) is 1. The smallest absolute Gasteiger partial charge is 0.0476 e. The van der Waals surface area contributed by atoms with Crippen molar-refractivity contribution in [2.45, 2.75) is 24.9 Å². The zero-order chi connectivity index (χ0) is 15.5. The molecule has 0 spiro atoms. The fourth-order valence-corrected chi connectivity index (χ4v) is 3.71. The molecule has 118 valence electrons. The molecule has 0 aromatic heterocycles. The van der Waals surface area contributed by atoms with Gasteiger partial charge in [-0.25, -0.2) is 0 Å². The highest BCUT2D eigenvalue weighted by Crippen LogP contribution is 2.30. The second-order valence-electron chi connectivity index (χ2n) is 6.52. The number of hydrogen-bond acceptors (Lipinski definition) is 3. The number of piperidine rings is 1. The van der Waals surface area contributed by atoms with Crippen LogP contribution in [0.5, 0.6) is 0 Å². The molecule has 22 heavy (non-hydrogen) atoms. The number of benzene rings is 2. The molecule has 0 saturated carbocycles. The monoisotopic (exact) mass is 297 g/mol. The van der Waals surface area contributed by atoms with Gasteiger partial charge in [-0.3, -0.25) is 4.90 Å². The molecule has 0 amide bonds. The molecule has 3 heteroatoms. The molecule has 3 nitrogen and oxygen atoms in total. The molecule has 1 heterocycles. The molecule has 1 aliphatic heterocycles. The van der Waals surface area contributed by atoms with Gasteiger partial charge in [0.2, 0.25) is 0 Å². The SMILES string of the molecule is CN1CCC(N(C)C(CN)c2cccc3ccccc23)CC1. The fraction of sp³-hybridized carbons (Fsp3) is 0.474. The second kappa shape index (κ2) is 6.78. The third kappa shape index (κ3) is 3.02. The molecule has 1 saturated heterocycles. The summed E-state index contributed by atoms with van der Waals surface area (Å²) in [5.74, 6) is 0. The van der Waals surface area contributed by atoms with Gasteiger partial charge in [-0.05, 0) is 56.4 Å². The molecule has 1 aliphatic rings. The first-order chi connectivity index (χ1) is 10.7. The summed E-state index contributed by atoms with van der Waals surface area (Å²) in [6, 6.07) is 16.1. The minimum atomic E-state index is 0.291. The van der Waals surface area contributed by atoms with Crippen LogP contribution in [0.2, 0.25) is 0 Å². The largest absolute Gasteiger partial charge is 0.329 e. The first kappa shape index (κ1) is 15.5. The molecule has 2 aromatic carbocycles. The second-order valence-corrected chi connectivity index (χ2v) is 6.52. The molecule has 2 aromatic rings. The number of rotatable bonds is 4. The maximum absolute atomic E-state index is 6.18. The Morgan fingerprint density at radius 2 is 1.82 bits per heavy atom. The minimum absolute atomic E-state index is 0.291. The summed E-state index contributed by atoms with van der Waals surface area (Å²) < 4.78 is 0. The Balaban J connectivity index is 1.89. The third-order valence-corrected chi connectivity index (χ3v) is 5.16. The summed E-state index contributed by atoms with van der Waals surface area (Å²) >= 11 is 0. The van der Waals surface area contributed by atoms with E-state index in [9.17, 15) is 0 Å². The van der Waals surface area contributed by atoms with E-state index < -0.39 is 0 Å². The van der Waals surface area contributed by atoms with E-state index in [1.807, 2.05) is 0 Å². The molecular weight excluding hydrogens is 270 g/mol. The van der Waals surface area contributed by atoms with Gasteiger partial charge in [-0.15, -0.1) is 0 Å². The van der Waals surface area contributed by atoms with Gasteiger partial charge in [0.1, 0.15) is 0 Å². The molecule has 3 rings (SSSR count). The van der Waals surface area contributed by atoms with Crippen LogP contribution in [0.25, 0.3) is 10.8 Å². The van der Waals surface area contributed by atoms with Crippen molar-refractivity contribution in [2.75, 3.05) is 33.7 Å².